The molecule has 0 radical (unpaired) electrons. The summed E-state index contributed by atoms with van der Waals surface area (Å²) >= 11 is 0. The van der Waals surface area contributed by atoms with Gasteiger partial charge in [0.15, 0.2) is 11.5 Å². The lowest BCUT2D eigenvalue weighted by Gasteiger charge is -2.29. The Kier molecular flexibility index (Phi) is 14.7. The molecule has 5 rings (SSSR count). The van der Waals surface area contributed by atoms with E-state index in [1.54, 1.807) is 12.1 Å². The zero-order chi connectivity index (χ0) is 40.5. The summed E-state index contributed by atoms with van der Waals surface area (Å²) in [4.78, 5) is 0. The molecule has 0 heterocycles. The first kappa shape index (κ1) is 42.4. The summed E-state index contributed by atoms with van der Waals surface area (Å²) < 4.78 is 0. The van der Waals surface area contributed by atoms with E-state index in [9.17, 15) is 40.9 Å². The van der Waals surface area contributed by atoms with Gasteiger partial charge in [0.05, 0.1) is 0 Å². The van der Waals surface area contributed by atoms with Gasteiger partial charge in [-0.15, -0.1) is 0 Å². The molecule has 4 aromatic carbocycles. The summed E-state index contributed by atoms with van der Waals surface area (Å²) in [6.45, 7) is 8.44. The largest absolute Gasteiger partial charge is 0.508 e. The lowest BCUT2D eigenvalue weighted by Crippen LogP contribution is -2.11. The van der Waals surface area contributed by atoms with E-state index in [2.05, 4.69) is 27.7 Å². The van der Waals surface area contributed by atoms with Crippen molar-refractivity contribution in [2.24, 2.45) is 0 Å². The smallest absolute Gasteiger partial charge is 0.161 e. The molecule has 0 saturated carbocycles. The average Bonchev–Trinajstić information content (AvgIpc) is 3.15. The number of aromatic hydroxyl groups is 8. The fourth-order valence-electron chi connectivity index (χ4n) is 8.97. The van der Waals surface area contributed by atoms with Crippen LogP contribution in [0.2, 0.25) is 0 Å². The zero-order valence-corrected chi connectivity index (χ0v) is 33.8. The van der Waals surface area contributed by atoms with Crippen LogP contribution in [0.25, 0.3) is 0 Å². The fourth-order valence-corrected chi connectivity index (χ4v) is 8.97. The number of hydrogen-bond acceptors (Lipinski definition) is 8. The van der Waals surface area contributed by atoms with Crippen molar-refractivity contribution in [3.63, 3.8) is 0 Å². The second-order valence-electron chi connectivity index (χ2n) is 16.1. The summed E-state index contributed by atoms with van der Waals surface area (Å²) in [5.74, 6) is -3.40. The second-order valence-corrected chi connectivity index (χ2v) is 16.1. The Balaban J connectivity index is 1.93. The highest BCUT2D eigenvalue weighted by Crippen LogP contribution is 2.52. The first-order chi connectivity index (χ1) is 26.9. The molecule has 1 aliphatic carbocycles. The third-order valence-corrected chi connectivity index (χ3v) is 12.1. The van der Waals surface area contributed by atoms with Gasteiger partial charge < -0.3 is 40.9 Å². The van der Waals surface area contributed by atoms with E-state index in [0.29, 0.717) is 70.2 Å². The molecule has 8 heteroatoms. The quantitative estimate of drug-likeness (QED) is 0.0413. The molecule has 56 heavy (non-hydrogen) atoms. The SMILES string of the molecule is CCCCCC1c2cc(O)c(O)c(c2)C(CCCCC)c2cc(c(O)cc2O)C(CCCCC)c2cc(c(O)cc2O)C(CCCCC)c2cc1c(O)cc2O. The van der Waals surface area contributed by atoms with Crippen LogP contribution < -0.4 is 0 Å². The maximum atomic E-state index is 11.6. The second kappa shape index (κ2) is 19.4. The van der Waals surface area contributed by atoms with Gasteiger partial charge in [0.1, 0.15) is 34.5 Å². The van der Waals surface area contributed by atoms with Crippen molar-refractivity contribution in [1.29, 1.82) is 0 Å². The van der Waals surface area contributed by atoms with E-state index >= 15 is 0 Å². The molecular weight excluding hydrogens is 705 g/mol. The molecule has 1 aliphatic rings. The van der Waals surface area contributed by atoms with Crippen molar-refractivity contribution in [3.05, 3.63) is 93.0 Å². The van der Waals surface area contributed by atoms with Crippen molar-refractivity contribution < 1.29 is 40.9 Å². The van der Waals surface area contributed by atoms with Gasteiger partial charge in [0, 0.05) is 80.8 Å². The van der Waals surface area contributed by atoms with Crippen LogP contribution in [-0.2, 0) is 0 Å². The van der Waals surface area contributed by atoms with E-state index in [1.807, 2.05) is 18.2 Å². The van der Waals surface area contributed by atoms with Crippen molar-refractivity contribution in [2.75, 3.05) is 0 Å². The summed E-state index contributed by atoms with van der Waals surface area (Å²) in [6.07, 6.45) is 12.9. The molecule has 0 amide bonds. The van der Waals surface area contributed by atoms with Gasteiger partial charge in [0.2, 0.25) is 0 Å². The third kappa shape index (κ3) is 9.28. The predicted octanol–water partition coefficient (Wildman–Crippen LogP) is 12.5. The summed E-state index contributed by atoms with van der Waals surface area (Å²) in [5.41, 5.74) is 4.23. The number of phenols is 8. The molecular formula is C48H64O8. The first-order valence-corrected chi connectivity index (χ1v) is 21.2. The zero-order valence-electron chi connectivity index (χ0n) is 33.8. The highest BCUT2D eigenvalue weighted by molar-refractivity contribution is 5.62. The molecule has 304 valence electrons. The van der Waals surface area contributed by atoms with E-state index in [0.717, 1.165) is 77.0 Å². The Morgan fingerprint density at radius 1 is 0.304 bits per heavy atom. The molecule has 8 bridgehead atoms. The topological polar surface area (TPSA) is 162 Å². The van der Waals surface area contributed by atoms with Crippen LogP contribution in [0.1, 0.15) is 199 Å². The van der Waals surface area contributed by atoms with Crippen molar-refractivity contribution in [2.45, 2.75) is 154 Å². The number of benzene rings is 4. The van der Waals surface area contributed by atoms with Crippen molar-refractivity contribution in [1.82, 2.24) is 0 Å². The Morgan fingerprint density at radius 3 is 0.911 bits per heavy atom. The summed E-state index contributed by atoms with van der Waals surface area (Å²) in [5, 5.41) is 92.9. The van der Waals surface area contributed by atoms with Gasteiger partial charge >= 0.3 is 0 Å². The van der Waals surface area contributed by atoms with E-state index in [-0.39, 0.29) is 46.0 Å². The predicted molar refractivity (Wildman–Crippen MR) is 223 cm³/mol. The Hall–Kier alpha value is -4.72. The van der Waals surface area contributed by atoms with E-state index in [1.165, 1.54) is 18.2 Å². The Labute approximate surface area is 333 Å². The summed E-state index contributed by atoms with van der Waals surface area (Å²) in [6, 6.07) is 12.9. The van der Waals surface area contributed by atoms with Gasteiger partial charge in [-0.05, 0) is 55.5 Å². The van der Waals surface area contributed by atoms with E-state index in [4.69, 9.17) is 0 Å². The maximum absolute atomic E-state index is 11.6. The minimum atomic E-state index is -0.580. The molecule has 0 spiro atoms. The van der Waals surface area contributed by atoms with E-state index < -0.39 is 23.7 Å². The van der Waals surface area contributed by atoms with Gasteiger partial charge in [0.25, 0.3) is 0 Å². The molecule has 4 atom stereocenters. The molecule has 0 aromatic heterocycles. The van der Waals surface area contributed by atoms with Gasteiger partial charge in [-0.1, -0.05) is 111 Å². The van der Waals surface area contributed by atoms with Gasteiger partial charge in [-0.3, -0.25) is 0 Å². The van der Waals surface area contributed by atoms with Crippen molar-refractivity contribution in [3.8, 4) is 46.0 Å². The molecule has 8 N–H and O–H groups in total. The normalized spacial score (nSPS) is 17.9. The average molecular weight is 769 g/mol. The molecule has 4 aromatic rings. The number of unbranched alkanes of at least 4 members (excludes halogenated alkanes) is 8. The van der Waals surface area contributed by atoms with Crippen LogP contribution in [0.3, 0.4) is 0 Å². The lowest BCUT2D eigenvalue weighted by atomic mass is 9.76. The van der Waals surface area contributed by atoms with Crippen molar-refractivity contribution >= 4 is 0 Å². The minimum Gasteiger partial charge on any atom is -0.508 e. The minimum absolute atomic E-state index is 0.0952. The third-order valence-electron chi connectivity index (χ3n) is 12.1. The molecule has 4 unspecified atom stereocenters. The first-order valence-electron chi connectivity index (χ1n) is 21.2. The fraction of sp³-hybridized carbons (Fsp3) is 0.500. The van der Waals surface area contributed by atoms with Crippen LogP contribution in [0.5, 0.6) is 46.0 Å². The molecule has 0 saturated heterocycles. The highest BCUT2D eigenvalue weighted by atomic mass is 16.3. The summed E-state index contributed by atoms with van der Waals surface area (Å²) in [7, 11) is 0. The van der Waals surface area contributed by atoms with Gasteiger partial charge in [-0.25, -0.2) is 0 Å². The monoisotopic (exact) mass is 768 g/mol. The number of hydrogen-bond donors (Lipinski definition) is 8. The van der Waals surface area contributed by atoms with Crippen LogP contribution in [0, 0.1) is 0 Å². The molecule has 0 aliphatic heterocycles. The van der Waals surface area contributed by atoms with Crippen LogP contribution in [0.4, 0.5) is 0 Å². The maximum Gasteiger partial charge on any atom is 0.161 e. The van der Waals surface area contributed by atoms with Gasteiger partial charge in [-0.2, -0.15) is 0 Å². The standard InChI is InChI=1S/C48H64O8/c1-5-9-13-17-30-29-21-40(48(56)47(55)22-29)33(20-16-12-8-4)39-25-38(45(53)28-46(39)54)32(19-15-11-7-3)37-24-36(43(51)27-44(37)52)31(18-14-10-6-2)35-23-34(30)41(49)26-42(35)50/h21-28,30-33,49-56H,5-20H2,1-4H3. The van der Waals surface area contributed by atoms with Crippen LogP contribution in [-0.4, -0.2) is 40.9 Å². The van der Waals surface area contributed by atoms with Crippen LogP contribution in [0.15, 0.2) is 48.5 Å². The Bertz CT molecular complexity index is 1930. The number of fused-ring (bicyclic) bond motifs is 8. The van der Waals surface area contributed by atoms with Crippen LogP contribution >= 0.6 is 0 Å². The highest BCUT2D eigenvalue weighted by Gasteiger charge is 2.32. The number of phenolic OH excluding ortho intramolecular Hbond substituents is 8. The lowest BCUT2D eigenvalue weighted by molar-refractivity contribution is 0.393. The molecule has 8 nitrogen and oxygen atoms in total. The Morgan fingerprint density at radius 2 is 0.589 bits per heavy atom. The molecule has 0 fully saturated rings. The number of rotatable bonds is 16.